The number of nitrogens with zero attached hydrogens (tertiary/aromatic N) is 3. The maximum absolute atomic E-state index is 12.8. The van der Waals surface area contributed by atoms with Gasteiger partial charge in [0.25, 0.3) is 0 Å². The van der Waals surface area contributed by atoms with Crippen LogP contribution in [0.4, 0.5) is 0 Å². The van der Waals surface area contributed by atoms with Crippen LogP contribution < -0.4 is 5.32 Å². The Bertz CT molecular complexity index is 653. The van der Waals surface area contributed by atoms with E-state index in [4.69, 9.17) is 0 Å². The van der Waals surface area contributed by atoms with Crippen molar-refractivity contribution in [1.29, 1.82) is 0 Å². The molecule has 1 spiro atoms. The lowest BCUT2D eigenvalue weighted by Crippen LogP contribution is -2.55. The van der Waals surface area contributed by atoms with E-state index < -0.39 is 0 Å². The maximum atomic E-state index is 12.8. The Labute approximate surface area is 162 Å². The number of hydrogen-bond acceptors (Lipinski definition) is 4. The van der Waals surface area contributed by atoms with Crippen LogP contribution in [0.3, 0.4) is 0 Å². The second kappa shape index (κ2) is 8.38. The van der Waals surface area contributed by atoms with Crippen LogP contribution in [0.2, 0.25) is 0 Å². The molecule has 2 fully saturated rings. The molecule has 1 N–H and O–H groups in total. The Morgan fingerprint density at radius 3 is 2.48 bits per heavy atom. The summed E-state index contributed by atoms with van der Waals surface area (Å²) in [5.74, 6) is 0.732. The molecule has 3 rings (SSSR count). The largest absolute Gasteiger partial charge is 0.341 e. The Morgan fingerprint density at radius 2 is 1.89 bits per heavy atom. The summed E-state index contributed by atoms with van der Waals surface area (Å²) < 4.78 is 0. The van der Waals surface area contributed by atoms with Gasteiger partial charge in [-0.3, -0.25) is 14.6 Å². The summed E-state index contributed by atoms with van der Waals surface area (Å²) in [6.45, 7) is 7.20. The fourth-order valence-corrected chi connectivity index (χ4v) is 4.50. The molecule has 1 aromatic rings. The van der Waals surface area contributed by atoms with Crippen LogP contribution in [0.25, 0.3) is 0 Å². The van der Waals surface area contributed by atoms with Crippen LogP contribution in [-0.2, 0) is 16.1 Å². The highest BCUT2D eigenvalue weighted by Gasteiger charge is 2.42. The van der Waals surface area contributed by atoms with Crippen molar-refractivity contribution in [2.45, 2.75) is 52.1 Å². The van der Waals surface area contributed by atoms with Gasteiger partial charge >= 0.3 is 0 Å². The molecule has 2 aliphatic rings. The van der Waals surface area contributed by atoms with Crippen LogP contribution in [0.1, 0.15) is 45.1 Å². The fourth-order valence-electron chi connectivity index (χ4n) is 4.50. The van der Waals surface area contributed by atoms with E-state index in [-0.39, 0.29) is 29.2 Å². The first-order chi connectivity index (χ1) is 12.9. The van der Waals surface area contributed by atoms with Crippen molar-refractivity contribution in [3.8, 4) is 0 Å². The summed E-state index contributed by atoms with van der Waals surface area (Å²) in [6, 6.07) is 3.83. The predicted octanol–water partition coefficient (Wildman–Crippen LogP) is 2.06. The molecule has 0 aromatic carbocycles. The average Bonchev–Trinajstić information content (AvgIpc) is 2.66. The van der Waals surface area contributed by atoms with Gasteiger partial charge in [0.2, 0.25) is 11.8 Å². The van der Waals surface area contributed by atoms with Crippen LogP contribution in [0.15, 0.2) is 24.5 Å². The van der Waals surface area contributed by atoms with Crippen molar-refractivity contribution in [2.24, 2.45) is 11.3 Å². The lowest BCUT2D eigenvalue weighted by Gasteiger charge is -2.48. The van der Waals surface area contributed by atoms with Gasteiger partial charge < -0.3 is 15.1 Å². The number of carbonyl (C=O) groups is 2. The highest BCUT2D eigenvalue weighted by atomic mass is 16.2. The van der Waals surface area contributed by atoms with Gasteiger partial charge in [-0.15, -0.1) is 0 Å². The first kappa shape index (κ1) is 19.8. The molecule has 6 nitrogen and oxygen atoms in total. The second-order valence-corrected chi connectivity index (χ2v) is 8.44. The Hall–Kier alpha value is -1.95. The molecule has 2 aliphatic heterocycles. The number of carbonyl (C=O) groups excluding carboxylic acids is 2. The lowest BCUT2D eigenvalue weighted by molar-refractivity contribution is -0.144. The van der Waals surface area contributed by atoms with Gasteiger partial charge in [-0.2, -0.15) is 0 Å². The first-order valence-electron chi connectivity index (χ1n) is 10.1. The molecular formula is C21H32N4O2. The van der Waals surface area contributed by atoms with Crippen LogP contribution in [0.5, 0.6) is 0 Å². The molecule has 2 saturated heterocycles. The number of amides is 2. The number of nitrogens with one attached hydrogen (secondary N) is 1. The molecule has 2 amide bonds. The third-order valence-electron chi connectivity index (χ3n) is 6.25. The summed E-state index contributed by atoms with van der Waals surface area (Å²) in [5, 5.41) is 3.16. The molecule has 0 saturated carbocycles. The second-order valence-electron chi connectivity index (χ2n) is 8.44. The lowest BCUT2D eigenvalue weighted by atomic mass is 9.72. The molecule has 3 heterocycles. The SMILES string of the molecule is CN[C@H](C(=O)N1CCC2(CCC(=O)N(Cc3ccncc3)C2)CC1)C(C)C. The number of likely N-dealkylation sites (N-methyl/N-ethyl adjacent to an activating group) is 1. The van der Waals surface area contributed by atoms with Gasteiger partial charge in [-0.05, 0) is 55.3 Å². The van der Waals surface area contributed by atoms with Gasteiger partial charge in [0.05, 0.1) is 6.04 Å². The predicted molar refractivity (Wildman–Crippen MR) is 105 cm³/mol. The Morgan fingerprint density at radius 1 is 1.22 bits per heavy atom. The van der Waals surface area contributed by atoms with E-state index in [0.717, 1.165) is 44.5 Å². The van der Waals surface area contributed by atoms with Gasteiger partial charge in [0, 0.05) is 45.0 Å². The average molecular weight is 373 g/mol. The van der Waals surface area contributed by atoms with Crippen molar-refractivity contribution in [1.82, 2.24) is 20.1 Å². The summed E-state index contributed by atoms with van der Waals surface area (Å²) in [4.78, 5) is 33.3. The zero-order valence-corrected chi connectivity index (χ0v) is 16.8. The van der Waals surface area contributed by atoms with Crippen LogP contribution >= 0.6 is 0 Å². The molecule has 0 unspecified atom stereocenters. The molecule has 148 valence electrons. The third-order valence-corrected chi connectivity index (χ3v) is 6.25. The number of likely N-dealkylation sites (tertiary alicyclic amines) is 2. The number of hydrogen-bond donors (Lipinski definition) is 1. The van der Waals surface area contributed by atoms with E-state index in [0.29, 0.717) is 13.0 Å². The molecule has 0 aliphatic carbocycles. The molecular weight excluding hydrogens is 340 g/mol. The minimum atomic E-state index is -0.116. The highest BCUT2D eigenvalue weighted by Crippen LogP contribution is 2.40. The van der Waals surface area contributed by atoms with E-state index in [1.807, 2.05) is 29.0 Å². The summed E-state index contributed by atoms with van der Waals surface area (Å²) in [5.41, 5.74) is 1.28. The van der Waals surface area contributed by atoms with E-state index >= 15 is 0 Å². The Kier molecular flexibility index (Phi) is 6.15. The molecule has 1 aromatic heterocycles. The van der Waals surface area contributed by atoms with Gasteiger partial charge in [0.1, 0.15) is 0 Å². The molecule has 0 bridgehead atoms. The monoisotopic (exact) mass is 372 g/mol. The molecule has 6 heteroatoms. The van der Waals surface area contributed by atoms with E-state index in [2.05, 4.69) is 24.1 Å². The third kappa shape index (κ3) is 4.49. The van der Waals surface area contributed by atoms with Gasteiger partial charge in [-0.25, -0.2) is 0 Å². The van der Waals surface area contributed by atoms with Gasteiger partial charge in [0.15, 0.2) is 0 Å². The topological polar surface area (TPSA) is 65.5 Å². The smallest absolute Gasteiger partial charge is 0.239 e. The number of piperidine rings is 2. The zero-order valence-electron chi connectivity index (χ0n) is 16.8. The normalized spacial score (nSPS) is 21.0. The molecule has 27 heavy (non-hydrogen) atoms. The number of pyridine rings is 1. The first-order valence-corrected chi connectivity index (χ1v) is 10.1. The minimum Gasteiger partial charge on any atom is -0.341 e. The van der Waals surface area contributed by atoms with Crippen molar-refractivity contribution >= 4 is 11.8 Å². The van der Waals surface area contributed by atoms with Crippen molar-refractivity contribution < 1.29 is 9.59 Å². The number of aromatic nitrogens is 1. The number of rotatable bonds is 5. The van der Waals surface area contributed by atoms with Crippen molar-refractivity contribution in [2.75, 3.05) is 26.7 Å². The summed E-state index contributed by atoms with van der Waals surface area (Å²) in [7, 11) is 1.86. The molecule has 1 atom stereocenters. The van der Waals surface area contributed by atoms with Crippen molar-refractivity contribution in [3.63, 3.8) is 0 Å². The van der Waals surface area contributed by atoms with E-state index in [1.165, 1.54) is 0 Å². The maximum Gasteiger partial charge on any atom is 0.239 e. The standard InChI is InChI=1S/C21H32N4O2/c1-16(2)19(22-3)20(27)24-12-8-21(9-13-24)7-4-18(26)25(15-21)14-17-5-10-23-11-6-17/h5-6,10-11,16,19,22H,4,7-9,12-15H2,1-3H3/t19-/m0/s1. The zero-order chi connectivity index (χ0) is 19.4. The Balaban J connectivity index is 1.61. The molecule has 0 radical (unpaired) electrons. The minimum absolute atomic E-state index is 0.116. The van der Waals surface area contributed by atoms with Crippen LogP contribution in [0, 0.1) is 11.3 Å². The van der Waals surface area contributed by atoms with E-state index in [1.54, 1.807) is 12.4 Å². The summed E-state index contributed by atoms with van der Waals surface area (Å²) >= 11 is 0. The summed E-state index contributed by atoms with van der Waals surface area (Å²) in [6.07, 6.45) is 7.07. The highest BCUT2D eigenvalue weighted by molar-refractivity contribution is 5.82. The fraction of sp³-hybridized carbons (Fsp3) is 0.667. The van der Waals surface area contributed by atoms with Crippen LogP contribution in [-0.4, -0.2) is 59.3 Å². The van der Waals surface area contributed by atoms with Gasteiger partial charge in [-0.1, -0.05) is 13.8 Å². The van der Waals surface area contributed by atoms with Crippen molar-refractivity contribution in [3.05, 3.63) is 30.1 Å². The quantitative estimate of drug-likeness (QED) is 0.859. The van der Waals surface area contributed by atoms with E-state index in [9.17, 15) is 9.59 Å².